The van der Waals surface area contributed by atoms with E-state index in [-0.39, 0.29) is 5.91 Å². The molecular formula is C15H23N3OS. The first-order valence-electron chi connectivity index (χ1n) is 7.20. The third kappa shape index (κ3) is 3.66. The van der Waals surface area contributed by atoms with E-state index in [1.807, 2.05) is 37.7 Å². The largest absolute Gasteiger partial charge is 0.370 e. The normalized spacial score (nSPS) is 15.8. The molecule has 0 spiro atoms. The molecule has 2 N–H and O–H groups in total. The second-order valence-electron chi connectivity index (χ2n) is 5.19. The Labute approximate surface area is 125 Å². The molecule has 1 heterocycles. The fourth-order valence-corrected chi connectivity index (χ4v) is 2.83. The summed E-state index contributed by atoms with van der Waals surface area (Å²) in [5.41, 5.74) is 1.64. The van der Waals surface area contributed by atoms with E-state index in [0.29, 0.717) is 10.3 Å². The Kier molecular flexibility index (Phi) is 4.91. The number of thioether (sulfide) groups is 1. The van der Waals surface area contributed by atoms with Gasteiger partial charge in [0.15, 0.2) is 0 Å². The van der Waals surface area contributed by atoms with E-state index in [2.05, 4.69) is 21.9 Å². The highest BCUT2D eigenvalue weighted by molar-refractivity contribution is 8.00. The highest BCUT2D eigenvalue weighted by Gasteiger charge is 2.41. The van der Waals surface area contributed by atoms with Crippen molar-refractivity contribution in [2.75, 3.05) is 24.7 Å². The van der Waals surface area contributed by atoms with Crippen LogP contribution in [0.3, 0.4) is 0 Å². The Hall–Kier alpha value is -1.23. The average Bonchev–Trinajstić information content (AvgIpc) is 3.25. The fraction of sp³-hybridized carbons (Fsp3) is 0.600. The number of anilines is 1. The van der Waals surface area contributed by atoms with Gasteiger partial charge in [-0.05, 0) is 44.6 Å². The molecule has 1 amide bonds. The topological polar surface area (TPSA) is 54.0 Å². The Morgan fingerprint density at radius 3 is 2.70 bits per heavy atom. The zero-order chi connectivity index (χ0) is 14.6. The maximum absolute atomic E-state index is 12.3. The molecule has 0 radical (unpaired) electrons. The molecule has 0 aliphatic heterocycles. The van der Waals surface area contributed by atoms with Crippen LogP contribution in [0, 0.1) is 0 Å². The Morgan fingerprint density at radius 2 is 2.15 bits per heavy atom. The molecule has 1 saturated carbocycles. The number of aromatic nitrogens is 1. The Morgan fingerprint density at radius 1 is 1.40 bits per heavy atom. The van der Waals surface area contributed by atoms with Crippen molar-refractivity contribution >= 4 is 23.5 Å². The van der Waals surface area contributed by atoms with Crippen LogP contribution >= 0.6 is 11.8 Å². The molecule has 0 atom stereocenters. The number of rotatable bonds is 7. The van der Waals surface area contributed by atoms with Crippen LogP contribution in [0.2, 0.25) is 0 Å². The van der Waals surface area contributed by atoms with Gasteiger partial charge < -0.3 is 10.6 Å². The van der Waals surface area contributed by atoms with Crippen molar-refractivity contribution in [1.29, 1.82) is 0 Å². The van der Waals surface area contributed by atoms with Crippen molar-refractivity contribution in [3.63, 3.8) is 0 Å². The number of carbonyl (C=O) groups is 1. The summed E-state index contributed by atoms with van der Waals surface area (Å²) in [5, 5.41) is 6.24. The van der Waals surface area contributed by atoms with Crippen molar-refractivity contribution in [2.45, 2.75) is 37.9 Å². The van der Waals surface area contributed by atoms with E-state index in [1.165, 1.54) is 12.8 Å². The summed E-state index contributed by atoms with van der Waals surface area (Å²) >= 11 is 1.85. The minimum absolute atomic E-state index is 0.00146. The van der Waals surface area contributed by atoms with Crippen molar-refractivity contribution < 1.29 is 4.79 Å². The summed E-state index contributed by atoms with van der Waals surface area (Å²) in [7, 11) is 0. The van der Waals surface area contributed by atoms with Gasteiger partial charge in [0.1, 0.15) is 5.82 Å². The van der Waals surface area contributed by atoms with Gasteiger partial charge >= 0.3 is 0 Å². The van der Waals surface area contributed by atoms with Crippen LogP contribution in [0.15, 0.2) is 12.1 Å². The van der Waals surface area contributed by atoms with Crippen LogP contribution in [0.25, 0.3) is 0 Å². The number of nitrogens with zero attached hydrogens (tertiary/aromatic N) is 1. The highest BCUT2D eigenvalue weighted by atomic mass is 32.2. The Balaban J connectivity index is 2.06. The van der Waals surface area contributed by atoms with E-state index in [9.17, 15) is 4.79 Å². The van der Waals surface area contributed by atoms with Crippen LogP contribution in [0.1, 0.15) is 42.7 Å². The lowest BCUT2D eigenvalue weighted by Crippen LogP contribution is -2.31. The molecule has 110 valence electrons. The van der Waals surface area contributed by atoms with Crippen LogP contribution in [-0.4, -0.2) is 35.0 Å². The first-order valence-corrected chi connectivity index (χ1v) is 8.43. The zero-order valence-corrected chi connectivity index (χ0v) is 13.3. The highest BCUT2D eigenvalue weighted by Crippen LogP contribution is 2.46. The molecule has 2 rings (SSSR count). The number of nitrogens with one attached hydrogen (secondary N) is 2. The molecule has 20 heavy (non-hydrogen) atoms. The monoisotopic (exact) mass is 293 g/mol. The van der Waals surface area contributed by atoms with Crippen molar-refractivity contribution in [1.82, 2.24) is 10.3 Å². The van der Waals surface area contributed by atoms with E-state index in [0.717, 1.165) is 31.0 Å². The molecule has 1 aliphatic carbocycles. The van der Waals surface area contributed by atoms with Crippen LogP contribution in [0.4, 0.5) is 5.82 Å². The molecule has 0 unspecified atom stereocenters. The van der Waals surface area contributed by atoms with Crippen molar-refractivity contribution in [2.24, 2.45) is 0 Å². The summed E-state index contributed by atoms with van der Waals surface area (Å²) in [6.45, 7) is 5.63. The average molecular weight is 293 g/mol. The smallest absolute Gasteiger partial charge is 0.251 e. The molecule has 0 bridgehead atoms. The van der Waals surface area contributed by atoms with Gasteiger partial charge in [-0.25, -0.2) is 4.98 Å². The number of amides is 1. The van der Waals surface area contributed by atoms with E-state index in [1.54, 1.807) is 0 Å². The molecule has 0 saturated heterocycles. The molecule has 1 aliphatic rings. The maximum Gasteiger partial charge on any atom is 0.251 e. The summed E-state index contributed by atoms with van der Waals surface area (Å²) in [6.07, 6.45) is 5.35. The van der Waals surface area contributed by atoms with Crippen LogP contribution in [0.5, 0.6) is 0 Å². The van der Waals surface area contributed by atoms with E-state index >= 15 is 0 Å². The zero-order valence-electron chi connectivity index (χ0n) is 12.5. The molecule has 5 heteroatoms. The number of aryl methyl sites for hydroxylation is 1. The molecule has 1 aromatic heterocycles. The maximum atomic E-state index is 12.3. The van der Waals surface area contributed by atoms with Crippen molar-refractivity contribution in [3.05, 3.63) is 23.4 Å². The van der Waals surface area contributed by atoms with Crippen LogP contribution in [-0.2, 0) is 6.42 Å². The molecular weight excluding hydrogens is 270 g/mol. The lowest BCUT2D eigenvalue weighted by atomic mass is 10.1. The van der Waals surface area contributed by atoms with Gasteiger partial charge in [-0.2, -0.15) is 11.8 Å². The number of pyridine rings is 1. The summed E-state index contributed by atoms with van der Waals surface area (Å²) in [5.74, 6) is 0.782. The summed E-state index contributed by atoms with van der Waals surface area (Å²) < 4.78 is 0.292. The third-order valence-electron chi connectivity index (χ3n) is 3.67. The predicted octanol–water partition coefficient (Wildman–Crippen LogP) is 2.70. The van der Waals surface area contributed by atoms with Gasteiger partial charge in [0.25, 0.3) is 5.91 Å². The van der Waals surface area contributed by atoms with Gasteiger partial charge in [-0.1, -0.05) is 6.92 Å². The quantitative estimate of drug-likeness (QED) is 0.811. The standard InChI is InChI=1S/C15H23N3OS/c1-4-12-8-11(9-13(18-12)16-5-2)14(19)17-10-15(20-3)6-7-15/h8-9H,4-7,10H2,1-3H3,(H,16,18)(H,17,19). The molecule has 0 aromatic carbocycles. The first-order chi connectivity index (χ1) is 9.62. The summed E-state index contributed by atoms with van der Waals surface area (Å²) in [6, 6.07) is 3.71. The van der Waals surface area contributed by atoms with Gasteiger partial charge in [-0.3, -0.25) is 4.79 Å². The van der Waals surface area contributed by atoms with E-state index < -0.39 is 0 Å². The Bertz CT molecular complexity index is 486. The molecule has 4 nitrogen and oxygen atoms in total. The first kappa shape index (κ1) is 15.2. The lowest BCUT2D eigenvalue weighted by Gasteiger charge is -2.14. The molecule has 1 aromatic rings. The second kappa shape index (κ2) is 6.48. The van der Waals surface area contributed by atoms with Crippen molar-refractivity contribution in [3.8, 4) is 0 Å². The fourth-order valence-electron chi connectivity index (χ4n) is 2.11. The summed E-state index contributed by atoms with van der Waals surface area (Å²) in [4.78, 5) is 16.7. The van der Waals surface area contributed by atoms with E-state index in [4.69, 9.17) is 0 Å². The van der Waals surface area contributed by atoms with Gasteiger partial charge in [0.05, 0.1) is 0 Å². The van der Waals surface area contributed by atoms with Crippen LogP contribution < -0.4 is 10.6 Å². The lowest BCUT2D eigenvalue weighted by molar-refractivity contribution is 0.0953. The molecule has 1 fully saturated rings. The predicted molar refractivity (Wildman–Crippen MR) is 85.6 cm³/mol. The van der Waals surface area contributed by atoms with Gasteiger partial charge in [0, 0.05) is 29.1 Å². The SMILES string of the molecule is CCNc1cc(C(=O)NCC2(SC)CC2)cc(CC)n1. The minimum atomic E-state index is 0.00146. The second-order valence-corrected chi connectivity index (χ2v) is 6.46. The number of hydrogen-bond acceptors (Lipinski definition) is 4. The minimum Gasteiger partial charge on any atom is -0.370 e. The number of carbonyl (C=O) groups excluding carboxylic acids is 1. The number of hydrogen-bond donors (Lipinski definition) is 2. The third-order valence-corrected chi connectivity index (χ3v) is 5.09. The van der Waals surface area contributed by atoms with Gasteiger partial charge in [-0.15, -0.1) is 0 Å². The van der Waals surface area contributed by atoms with Gasteiger partial charge in [0.2, 0.25) is 0 Å².